The topological polar surface area (TPSA) is 3.24 Å². The molecule has 2 heteroatoms. The Hall–Kier alpha value is -7.00. The summed E-state index contributed by atoms with van der Waals surface area (Å²) < 4.78 is 2.58. The Morgan fingerprint density at radius 1 is 0.365 bits per heavy atom. The number of thiophene rings is 1. The molecule has 3 aliphatic carbocycles. The van der Waals surface area contributed by atoms with Gasteiger partial charge in [0.25, 0.3) is 0 Å². The van der Waals surface area contributed by atoms with Crippen molar-refractivity contribution >= 4 is 48.6 Å². The molecule has 0 radical (unpaired) electrons. The van der Waals surface area contributed by atoms with Crippen molar-refractivity contribution in [3.05, 3.63) is 245 Å². The van der Waals surface area contributed by atoms with Crippen LogP contribution in [-0.4, -0.2) is 0 Å². The van der Waals surface area contributed by atoms with Crippen LogP contribution in [0, 0.1) is 0 Å². The number of hydrogen-bond donors (Lipinski definition) is 0. The summed E-state index contributed by atoms with van der Waals surface area (Å²) >= 11 is 1.91. The maximum Gasteiger partial charge on any atom is 0.0720 e. The largest absolute Gasteiger partial charge is 0.310 e. The first-order chi connectivity index (χ1) is 30.8. The van der Waals surface area contributed by atoms with Gasteiger partial charge in [0.2, 0.25) is 0 Å². The van der Waals surface area contributed by atoms with E-state index in [-0.39, 0.29) is 10.8 Å². The average molecular weight is 824 g/mol. The minimum Gasteiger partial charge on any atom is -0.310 e. The Labute approximate surface area is 373 Å². The lowest BCUT2D eigenvalue weighted by molar-refractivity contribution is 0.660. The maximum absolute atomic E-state index is 2.60. The maximum atomic E-state index is 2.60. The molecule has 0 amide bonds. The summed E-state index contributed by atoms with van der Waals surface area (Å²) in [6.45, 7) is 9.53. The van der Waals surface area contributed by atoms with E-state index in [1.54, 1.807) is 0 Å². The Morgan fingerprint density at radius 3 is 1.62 bits per heavy atom. The van der Waals surface area contributed by atoms with Crippen molar-refractivity contribution in [3.63, 3.8) is 0 Å². The molecule has 0 saturated heterocycles. The fraction of sp³-hybridized carbons (Fsp3) is 0.115. The number of fused-ring (bicyclic) bond motifs is 12. The zero-order chi connectivity index (χ0) is 42.2. The smallest absolute Gasteiger partial charge is 0.0720 e. The van der Waals surface area contributed by atoms with E-state index in [2.05, 4.69) is 233 Å². The molecule has 13 rings (SSSR count). The predicted molar refractivity (Wildman–Crippen MR) is 266 cm³/mol. The summed E-state index contributed by atoms with van der Waals surface area (Å²) in [5, 5.41) is 2.62. The van der Waals surface area contributed by atoms with E-state index in [0.29, 0.717) is 0 Å². The van der Waals surface area contributed by atoms with Crippen LogP contribution in [0.3, 0.4) is 0 Å². The van der Waals surface area contributed by atoms with Crippen molar-refractivity contribution < 1.29 is 0 Å². The van der Waals surface area contributed by atoms with Crippen molar-refractivity contribution in [2.75, 3.05) is 4.90 Å². The second-order valence-corrected chi connectivity index (χ2v) is 19.9. The molecule has 0 unspecified atom stereocenters. The SMILES string of the molecule is CC1(C)c2ccccc2-c2cc(N(c3cc(C4(c5ccccc5)c5ccccc5-c5ccccc54)c4c(c3)sc3ccccc34)c3cccc4c3-c3ccccc3C4(C)C)ccc21. The van der Waals surface area contributed by atoms with Crippen LogP contribution in [-0.2, 0) is 16.2 Å². The van der Waals surface area contributed by atoms with Crippen molar-refractivity contribution in [2.24, 2.45) is 0 Å². The monoisotopic (exact) mass is 823 g/mol. The van der Waals surface area contributed by atoms with E-state index in [9.17, 15) is 0 Å². The van der Waals surface area contributed by atoms with Gasteiger partial charge in [0.05, 0.1) is 11.1 Å². The van der Waals surface area contributed by atoms with E-state index in [0.717, 1.165) is 11.4 Å². The Morgan fingerprint density at radius 2 is 0.905 bits per heavy atom. The molecule has 0 bridgehead atoms. The molecule has 63 heavy (non-hydrogen) atoms. The first kappa shape index (κ1) is 36.6. The molecule has 0 aliphatic heterocycles. The summed E-state index contributed by atoms with van der Waals surface area (Å²) in [4.78, 5) is 2.60. The van der Waals surface area contributed by atoms with Gasteiger partial charge in [-0.05, 0) is 109 Å². The third kappa shape index (κ3) is 4.82. The fourth-order valence-electron chi connectivity index (χ4n) is 12.1. The van der Waals surface area contributed by atoms with Crippen LogP contribution in [0.25, 0.3) is 53.6 Å². The van der Waals surface area contributed by atoms with E-state index in [4.69, 9.17) is 0 Å². The van der Waals surface area contributed by atoms with Crippen LogP contribution in [0.2, 0.25) is 0 Å². The average Bonchev–Trinajstić information content (AvgIpc) is 3.99. The van der Waals surface area contributed by atoms with E-state index < -0.39 is 5.41 Å². The second kappa shape index (κ2) is 13.0. The molecule has 0 atom stereocenters. The molecule has 3 aliphatic rings. The minimum absolute atomic E-state index is 0.0965. The molecular formula is C61H45NS. The Balaban J connectivity index is 1.19. The third-order valence-corrected chi connectivity index (χ3v) is 16.1. The first-order valence-electron chi connectivity index (χ1n) is 22.3. The van der Waals surface area contributed by atoms with Crippen LogP contribution in [0.4, 0.5) is 17.1 Å². The number of rotatable bonds is 5. The Bertz CT molecular complexity index is 3480. The fourth-order valence-corrected chi connectivity index (χ4v) is 13.3. The first-order valence-corrected chi connectivity index (χ1v) is 23.1. The molecule has 0 spiro atoms. The molecule has 0 fully saturated rings. The second-order valence-electron chi connectivity index (χ2n) is 18.8. The summed E-state index contributed by atoms with van der Waals surface area (Å²) in [6, 6.07) is 76.1. The van der Waals surface area contributed by atoms with Crippen LogP contribution in [0.1, 0.15) is 72.2 Å². The summed E-state index contributed by atoms with van der Waals surface area (Å²) in [5.74, 6) is 0. The highest BCUT2D eigenvalue weighted by Gasteiger charge is 2.48. The van der Waals surface area contributed by atoms with Crippen LogP contribution in [0.15, 0.2) is 200 Å². The highest BCUT2D eigenvalue weighted by Crippen LogP contribution is 2.61. The van der Waals surface area contributed by atoms with Crippen molar-refractivity contribution in [1.82, 2.24) is 0 Å². The van der Waals surface area contributed by atoms with Crippen LogP contribution in [0.5, 0.6) is 0 Å². The van der Waals surface area contributed by atoms with Gasteiger partial charge in [-0.25, -0.2) is 0 Å². The normalized spacial score (nSPS) is 15.4. The zero-order valence-electron chi connectivity index (χ0n) is 35.9. The molecule has 1 heterocycles. The highest BCUT2D eigenvalue weighted by molar-refractivity contribution is 7.25. The molecule has 0 N–H and O–H groups in total. The molecule has 0 saturated carbocycles. The molecule has 9 aromatic carbocycles. The summed E-state index contributed by atoms with van der Waals surface area (Å²) in [5.41, 5.74) is 21.3. The van der Waals surface area contributed by atoms with Crippen molar-refractivity contribution in [1.29, 1.82) is 0 Å². The highest BCUT2D eigenvalue weighted by atomic mass is 32.1. The molecule has 1 aromatic heterocycles. The standard InChI is InChI=1S/C61H45NS/c1-59(2)47-26-13-8-23-43(47)46-35-39(33-34-49(46)59)62(54-31-18-30-52-57(54)44-24-11-14-27-48(44)60(52,3)4)40-36-53(58-45-25-12-17-32-55(45)63-56(58)37-40)61(38-19-6-5-7-20-38)50-28-15-9-21-41(50)42-22-10-16-29-51(42)61/h5-37H,1-4H3. The van der Waals surface area contributed by atoms with E-state index >= 15 is 0 Å². The lowest BCUT2D eigenvalue weighted by atomic mass is 9.66. The number of hydrogen-bond acceptors (Lipinski definition) is 2. The Kier molecular flexibility index (Phi) is 7.57. The predicted octanol–water partition coefficient (Wildman–Crippen LogP) is 16.5. The summed E-state index contributed by atoms with van der Waals surface area (Å²) in [6.07, 6.45) is 0. The number of anilines is 3. The van der Waals surface area contributed by atoms with Gasteiger partial charge in [-0.2, -0.15) is 0 Å². The van der Waals surface area contributed by atoms with Gasteiger partial charge in [0, 0.05) is 47.9 Å². The number of nitrogens with zero attached hydrogens (tertiary/aromatic N) is 1. The van der Waals surface area contributed by atoms with Gasteiger partial charge in [0.15, 0.2) is 0 Å². The lowest BCUT2D eigenvalue weighted by Crippen LogP contribution is -2.29. The van der Waals surface area contributed by atoms with Crippen LogP contribution >= 0.6 is 11.3 Å². The number of benzene rings is 9. The minimum atomic E-state index is -0.591. The van der Waals surface area contributed by atoms with Crippen molar-refractivity contribution in [2.45, 2.75) is 43.9 Å². The van der Waals surface area contributed by atoms with Crippen molar-refractivity contribution in [3.8, 4) is 33.4 Å². The zero-order valence-corrected chi connectivity index (χ0v) is 36.7. The van der Waals surface area contributed by atoms with Crippen LogP contribution < -0.4 is 4.90 Å². The molecule has 10 aromatic rings. The molecule has 300 valence electrons. The van der Waals surface area contributed by atoms with Gasteiger partial charge in [-0.3, -0.25) is 0 Å². The summed E-state index contributed by atoms with van der Waals surface area (Å²) in [7, 11) is 0. The van der Waals surface area contributed by atoms with Gasteiger partial charge < -0.3 is 4.90 Å². The molecule has 1 nitrogen and oxygen atoms in total. The van der Waals surface area contributed by atoms with Gasteiger partial charge in [-0.1, -0.05) is 191 Å². The third-order valence-electron chi connectivity index (χ3n) is 14.9. The van der Waals surface area contributed by atoms with E-state index in [1.165, 1.54) is 104 Å². The molecular weight excluding hydrogens is 779 g/mol. The van der Waals surface area contributed by atoms with Gasteiger partial charge >= 0.3 is 0 Å². The van der Waals surface area contributed by atoms with Gasteiger partial charge in [0.1, 0.15) is 0 Å². The lowest BCUT2D eigenvalue weighted by Gasteiger charge is -2.36. The van der Waals surface area contributed by atoms with Gasteiger partial charge in [-0.15, -0.1) is 11.3 Å². The van der Waals surface area contributed by atoms with E-state index in [1.807, 2.05) is 11.3 Å². The quantitative estimate of drug-likeness (QED) is 0.167.